The zero-order valence-corrected chi connectivity index (χ0v) is 17.5. The van der Waals surface area contributed by atoms with Crippen molar-refractivity contribution in [3.05, 3.63) is 52.1 Å². The number of ether oxygens (including phenoxy) is 2. The number of aryl methyl sites for hydroxylation is 1. The minimum absolute atomic E-state index is 0.0346. The SMILES string of the molecule is CCCc1cc(OC2OC(C)C(O)C(O)C2O)cc2c1C(=O)c1c(O)cc(O)cc1C2=O. The molecule has 2 aromatic rings. The molecular weight excluding hydrogens is 420 g/mol. The van der Waals surface area contributed by atoms with Gasteiger partial charge in [-0.05, 0) is 37.1 Å². The molecule has 4 rings (SSSR count). The molecule has 0 aromatic heterocycles. The number of phenolic OH excluding ortho intramolecular Hbond substituents is 2. The summed E-state index contributed by atoms with van der Waals surface area (Å²) in [7, 11) is 0. The van der Waals surface area contributed by atoms with Crippen LogP contribution in [0.25, 0.3) is 0 Å². The number of phenols is 2. The Balaban J connectivity index is 1.78. The van der Waals surface area contributed by atoms with Crippen molar-refractivity contribution in [3.8, 4) is 17.2 Å². The minimum atomic E-state index is -1.54. The van der Waals surface area contributed by atoms with Crippen molar-refractivity contribution in [2.75, 3.05) is 0 Å². The van der Waals surface area contributed by atoms with E-state index >= 15 is 0 Å². The first-order valence-corrected chi connectivity index (χ1v) is 10.3. The van der Waals surface area contributed by atoms with Gasteiger partial charge in [0.1, 0.15) is 35.6 Å². The molecule has 1 saturated heterocycles. The van der Waals surface area contributed by atoms with Crippen molar-refractivity contribution in [3.63, 3.8) is 0 Å². The van der Waals surface area contributed by atoms with Gasteiger partial charge in [0.2, 0.25) is 6.29 Å². The Morgan fingerprint density at radius 2 is 1.59 bits per heavy atom. The molecule has 0 bridgehead atoms. The molecule has 0 saturated carbocycles. The fraction of sp³-hybridized carbons (Fsp3) is 0.391. The summed E-state index contributed by atoms with van der Waals surface area (Å²) in [6.07, 6.45) is -5.37. The van der Waals surface area contributed by atoms with E-state index in [0.717, 1.165) is 12.1 Å². The maximum absolute atomic E-state index is 13.2. The second kappa shape index (κ2) is 8.18. The van der Waals surface area contributed by atoms with E-state index in [-0.39, 0.29) is 33.8 Å². The normalized spacial score (nSPS) is 27.1. The van der Waals surface area contributed by atoms with Crippen LogP contribution in [0.5, 0.6) is 17.2 Å². The third-order valence-electron chi connectivity index (χ3n) is 5.82. The average Bonchev–Trinajstić information content (AvgIpc) is 2.73. The summed E-state index contributed by atoms with van der Waals surface area (Å²) in [5, 5.41) is 50.1. The van der Waals surface area contributed by atoms with Gasteiger partial charge in [0.15, 0.2) is 11.6 Å². The van der Waals surface area contributed by atoms with E-state index in [9.17, 15) is 35.1 Å². The number of hydrogen-bond acceptors (Lipinski definition) is 9. The van der Waals surface area contributed by atoms with Crippen LogP contribution in [0, 0.1) is 0 Å². The van der Waals surface area contributed by atoms with Gasteiger partial charge < -0.3 is 35.0 Å². The molecule has 0 spiro atoms. The second-order valence-corrected chi connectivity index (χ2v) is 8.10. The summed E-state index contributed by atoms with van der Waals surface area (Å²) in [5.74, 6) is -1.82. The molecule has 1 fully saturated rings. The molecule has 1 aliphatic carbocycles. The van der Waals surface area contributed by atoms with Crippen LogP contribution < -0.4 is 4.74 Å². The Bertz CT molecular complexity index is 1090. The molecule has 1 heterocycles. The van der Waals surface area contributed by atoms with Crippen LogP contribution >= 0.6 is 0 Å². The quantitative estimate of drug-likeness (QED) is 0.397. The number of benzene rings is 2. The van der Waals surface area contributed by atoms with Crippen LogP contribution in [-0.2, 0) is 11.2 Å². The van der Waals surface area contributed by atoms with Crippen molar-refractivity contribution in [2.24, 2.45) is 0 Å². The van der Waals surface area contributed by atoms with Crippen LogP contribution in [0.2, 0.25) is 0 Å². The van der Waals surface area contributed by atoms with Crippen molar-refractivity contribution >= 4 is 11.6 Å². The molecule has 0 radical (unpaired) electrons. The summed E-state index contributed by atoms with van der Waals surface area (Å²) in [4.78, 5) is 26.4. The number of rotatable bonds is 4. The summed E-state index contributed by atoms with van der Waals surface area (Å²) in [6.45, 7) is 3.41. The molecule has 32 heavy (non-hydrogen) atoms. The van der Waals surface area contributed by atoms with Crippen LogP contribution in [0.3, 0.4) is 0 Å². The van der Waals surface area contributed by atoms with Gasteiger partial charge >= 0.3 is 0 Å². The number of aliphatic hydroxyl groups excluding tert-OH is 3. The Labute approximate surface area is 183 Å². The van der Waals surface area contributed by atoms with Crippen LogP contribution in [0.15, 0.2) is 24.3 Å². The summed E-state index contributed by atoms with van der Waals surface area (Å²) < 4.78 is 11.2. The maximum Gasteiger partial charge on any atom is 0.229 e. The Hall–Kier alpha value is -2.98. The predicted octanol–water partition coefficient (Wildman–Crippen LogP) is 1.03. The van der Waals surface area contributed by atoms with Gasteiger partial charge in [-0.1, -0.05) is 13.3 Å². The molecule has 170 valence electrons. The van der Waals surface area contributed by atoms with Gasteiger partial charge in [-0.15, -0.1) is 0 Å². The topological polar surface area (TPSA) is 154 Å². The lowest BCUT2D eigenvalue weighted by Gasteiger charge is -2.39. The van der Waals surface area contributed by atoms with Crippen molar-refractivity contribution in [1.29, 1.82) is 0 Å². The van der Waals surface area contributed by atoms with E-state index in [2.05, 4.69) is 0 Å². The Morgan fingerprint density at radius 3 is 2.28 bits per heavy atom. The highest BCUT2D eigenvalue weighted by Gasteiger charge is 2.43. The largest absolute Gasteiger partial charge is 0.508 e. The highest BCUT2D eigenvalue weighted by molar-refractivity contribution is 6.30. The molecule has 0 amide bonds. The summed E-state index contributed by atoms with van der Waals surface area (Å²) in [6, 6.07) is 5.01. The number of aromatic hydroxyl groups is 2. The molecule has 2 aromatic carbocycles. The zero-order valence-electron chi connectivity index (χ0n) is 17.5. The number of aliphatic hydroxyl groups is 3. The van der Waals surface area contributed by atoms with Crippen LogP contribution in [0.1, 0.15) is 57.7 Å². The highest BCUT2D eigenvalue weighted by atomic mass is 16.7. The summed E-state index contributed by atoms with van der Waals surface area (Å²) >= 11 is 0. The molecule has 5 unspecified atom stereocenters. The molecule has 9 nitrogen and oxygen atoms in total. The van der Waals surface area contributed by atoms with Gasteiger partial charge in [-0.2, -0.15) is 0 Å². The number of carbonyl (C=O) groups excluding carboxylic acids is 2. The standard InChI is InChI=1S/C23H24O9/c1-3-4-10-5-12(32-23-22(30)21(29)18(26)9(2)31-23)8-14-16(10)20(28)17-13(19(14)27)6-11(24)7-15(17)25/h5-9,18,21-26,29-30H,3-4H2,1-2H3. The first-order valence-electron chi connectivity index (χ1n) is 10.3. The van der Waals surface area contributed by atoms with Gasteiger partial charge in [0.05, 0.1) is 11.7 Å². The van der Waals surface area contributed by atoms with E-state index < -0.39 is 48.0 Å². The first-order chi connectivity index (χ1) is 15.1. The lowest BCUT2D eigenvalue weighted by atomic mass is 9.80. The van der Waals surface area contributed by atoms with E-state index in [4.69, 9.17) is 9.47 Å². The second-order valence-electron chi connectivity index (χ2n) is 8.10. The Morgan fingerprint density at radius 1 is 0.906 bits per heavy atom. The fourth-order valence-electron chi connectivity index (χ4n) is 4.20. The van der Waals surface area contributed by atoms with Gasteiger partial charge in [-0.3, -0.25) is 9.59 Å². The number of fused-ring (bicyclic) bond motifs is 2. The van der Waals surface area contributed by atoms with E-state index in [1.54, 1.807) is 6.07 Å². The van der Waals surface area contributed by atoms with Crippen LogP contribution in [-0.4, -0.2) is 67.8 Å². The van der Waals surface area contributed by atoms with Gasteiger partial charge in [-0.25, -0.2) is 0 Å². The third kappa shape index (κ3) is 3.53. The third-order valence-corrected chi connectivity index (χ3v) is 5.82. The van der Waals surface area contributed by atoms with Gasteiger partial charge in [0.25, 0.3) is 0 Å². The molecular formula is C23H24O9. The lowest BCUT2D eigenvalue weighted by molar-refractivity contribution is -0.268. The monoisotopic (exact) mass is 444 g/mol. The van der Waals surface area contributed by atoms with Crippen molar-refractivity contribution < 1.29 is 44.6 Å². The van der Waals surface area contributed by atoms with Crippen LogP contribution in [0.4, 0.5) is 0 Å². The van der Waals surface area contributed by atoms with Crippen molar-refractivity contribution in [2.45, 2.75) is 57.4 Å². The van der Waals surface area contributed by atoms with E-state index in [1.165, 1.54) is 13.0 Å². The van der Waals surface area contributed by atoms with Gasteiger partial charge in [0, 0.05) is 22.8 Å². The summed E-state index contributed by atoms with van der Waals surface area (Å²) in [5.41, 5.74) is 0.401. The minimum Gasteiger partial charge on any atom is -0.508 e. The number of hydrogen-bond donors (Lipinski definition) is 5. The molecule has 2 aliphatic rings. The molecule has 1 aliphatic heterocycles. The molecule has 9 heteroatoms. The Kier molecular flexibility index (Phi) is 5.68. The smallest absolute Gasteiger partial charge is 0.229 e. The van der Waals surface area contributed by atoms with Crippen molar-refractivity contribution in [1.82, 2.24) is 0 Å². The first kappa shape index (κ1) is 22.2. The average molecular weight is 444 g/mol. The van der Waals surface area contributed by atoms with E-state index in [0.29, 0.717) is 18.4 Å². The zero-order chi connectivity index (χ0) is 23.3. The number of carbonyl (C=O) groups is 2. The lowest BCUT2D eigenvalue weighted by Crippen LogP contribution is -2.58. The molecule has 5 N–H and O–H groups in total. The predicted molar refractivity (Wildman–Crippen MR) is 110 cm³/mol. The molecule has 5 atom stereocenters. The van der Waals surface area contributed by atoms with E-state index in [1.807, 2.05) is 6.92 Å². The number of ketones is 2. The maximum atomic E-state index is 13.2. The highest BCUT2D eigenvalue weighted by Crippen LogP contribution is 2.39. The fourth-order valence-corrected chi connectivity index (χ4v) is 4.20.